The molecule has 4 rings (SSSR count). The number of benzene rings is 1. The fourth-order valence-electron chi connectivity index (χ4n) is 3.23. The van der Waals surface area contributed by atoms with Gasteiger partial charge in [0.05, 0.1) is 24.0 Å². The molecule has 6 nitrogen and oxygen atoms in total. The topological polar surface area (TPSA) is 72.4 Å². The average molecular weight is 369 g/mol. The van der Waals surface area contributed by atoms with Crippen LogP contribution in [0.1, 0.15) is 12.0 Å². The Morgan fingerprint density at radius 2 is 1.96 bits per heavy atom. The van der Waals surface area contributed by atoms with Crippen LogP contribution in [-0.4, -0.2) is 41.9 Å². The van der Waals surface area contributed by atoms with Gasteiger partial charge >= 0.3 is 0 Å². The molecule has 3 heterocycles. The fourth-order valence-corrected chi connectivity index (χ4v) is 4.81. The maximum absolute atomic E-state index is 12.9. The Hall–Kier alpha value is -2.51. The van der Waals surface area contributed by atoms with Gasteiger partial charge in [0.15, 0.2) is 0 Å². The van der Waals surface area contributed by atoms with Crippen LogP contribution in [0.2, 0.25) is 0 Å². The first kappa shape index (κ1) is 16.9. The molecular formula is C19H19N3O3S. The first-order valence-electron chi connectivity index (χ1n) is 8.49. The van der Waals surface area contributed by atoms with E-state index in [-0.39, 0.29) is 11.9 Å². The average Bonchev–Trinajstić information content (AvgIpc) is 3.12. The van der Waals surface area contributed by atoms with Gasteiger partial charge in [-0.15, -0.1) is 0 Å². The normalized spacial score (nSPS) is 18.2. The van der Waals surface area contributed by atoms with Crippen LogP contribution in [0, 0.1) is 0 Å². The molecule has 1 fully saturated rings. The highest BCUT2D eigenvalue weighted by atomic mass is 32.2. The lowest BCUT2D eigenvalue weighted by Crippen LogP contribution is -2.32. The molecule has 1 aliphatic heterocycles. The molecule has 0 saturated carbocycles. The first-order chi connectivity index (χ1) is 12.6. The second kappa shape index (κ2) is 7.01. The summed E-state index contributed by atoms with van der Waals surface area (Å²) in [7, 11) is -3.43. The zero-order valence-corrected chi connectivity index (χ0v) is 15.0. The van der Waals surface area contributed by atoms with Crippen molar-refractivity contribution in [1.82, 2.24) is 14.3 Å². The smallest absolute Gasteiger partial charge is 0.218 e. The van der Waals surface area contributed by atoms with E-state index in [0.29, 0.717) is 25.3 Å². The molecule has 134 valence electrons. The van der Waals surface area contributed by atoms with Gasteiger partial charge in [-0.05, 0) is 30.2 Å². The number of fused-ring (bicyclic) bond motifs is 1. The third-order valence-corrected chi connectivity index (χ3v) is 6.29. The number of hydrogen-bond donors (Lipinski definition) is 0. The third-order valence-electron chi connectivity index (χ3n) is 4.49. The van der Waals surface area contributed by atoms with Crippen LogP contribution >= 0.6 is 0 Å². The molecule has 0 radical (unpaired) electrons. The summed E-state index contributed by atoms with van der Waals surface area (Å²) in [4.78, 5) is 8.36. The van der Waals surface area contributed by atoms with E-state index in [2.05, 4.69) is 9.97 Å². The highest BCUT2D eigenvalue weighted by Gasteiger charge is 2.33. The Bertz CT molecular complexity index is 1000. The van der Waals surface area contributed by atoms with Crippen LogP contribution in [0.3, 0.4) is 0 Å². The van der Waals surface area contributed by atoms with E-state index < -0.39 is 10.0 Å². The van der Waals surface area contributed by atoms with Crippen molar-refractivity contribution in [2.45, 2.75) is 18.3 Å². The summed E-state index contributed by atoms with van der Waals surface area (Å²) in [5.41, 5.74) is 1.46. The summed E-state index contributed by atoms with van der Waals surface area (Å²) in [5.74, 6) is 0.607. The minimum atomic E-state index is -3.43. The molecule has 0 amide bonds. The van der Waals surface area contributed by atoms with E-state index in [1.54, 1.807) is 24.7 Å². The molecule has 0 aliphatic carbocycles. The van der Waals surface area contributed by atoms with Crippen molar-refractivity contribution in [3.63, 3.8) is 0 Å². The lowest BCUT2D eigenvalue weighted by Gasteiger charge is -2.17. The summed E-state index contributed by atoms with van der Waals surface area (Å²) >= 11 is 0. The van der Waals surface area contributed by atoms with Gasteiger partial charge < -0.3 is 4.74 Å². The minimum absolute atomic E-state index is 0.0546. The maximum atomic E-state index is 12.9. The number of nitrogens with zero attached hydrogens (tertiary/aromatic N) is 3. The fraction of sp³-hybridized carbons (Fsp3) is 0.263. The number of rotatable bonds is 5. The van der Waals surface area contributed by atoms with E-state index in [4.69, 9.17) is 4.74 Å². The van der Waals surface area contributed by atoms with E-state index in [1.807, 2.05) is 36.4 Å². The number of hydrogen-bond acceptors (Lipinski definition) is 5. The van der Waals surface area contributed by atoms with Crippen molar-refractivity contribution in [3.8, 4) is 5.75 Å². The van der Waals surface area contributed by atoms with E-state index >= 15 is 0 Å². The Kier molecular flexibility index (Phi) is 4.57. The SMILES string of the molecule is O=S(=O)(Cc1cccc2cccnc12)N1CC[C@H](Oc2cccnc2)C1. The van der Waals surface area contributed by atoms with Crippen molar-refractivity contribution in [3.05, 3.63) is 66.6 Å². The molecule has 26 heavy (non-hydrogen) atoms. The molecule has 7 heteroatoms. The summed E-state index contributed by atoms with van der Waals surface area (Å²) in [6, 6.07) is 13.0. The Morgan fingerprint density at radius 1 is 1.12 bits per heavy atom. The highest BCUT2D eigenvalue weighted by Crippen LogP contribution is 2.24. The quantitative estimate of drug-likeness (QED) is 0.691. The molecule has 3 aromatic rings. The zero-order chi connectivity index (χ0) is 18.0. The number of para-hydroxylation sites is 1. The number of pyridine rings is 2. The third kappa shape index (κ3) is 3.54. The largest absolute Gasteiger partial charge is 0.487 e. The lowest BCUT2D eigenvalue weighted by atomic mass is 10.1. The van der Waals surface area contributed by atoms with Gasteiger partial charge in [0.2, 0.25) is 10.0 Å². The molecule has 0 unspecified atom stereocenters. The Morgan fingerprint density at radius 3 is 2.81 bits per heavy atom. The molecule has 1 saturated heterocycles. The second-order valence-corrected chi connectivity index (χ2v) is 8.29. The predicted molar refractivity (Wildman–Crippen MR) is 99.2 cm³/mol. The predicted octanol–water partition coefficient (Wildman–Crippen LogP) is 2.61. The van der Waals surface area contributed by atoms with Crippen molar-refractivity contribution < 1.29 is 13.2 Å². The van der Waals surface area contributed by atoms with Crippen LogP contribution in [0.4, 0.5) is 0 Å². The van der Waals surface area contributed by atoms with Crippen LogP contribution in [-0.2, 0) is 15.8 Å². The van der Waals surface area contributed by atoms with E-state index in [1.165, 1.54) is 4.31 Å². The number of aromatic nitrogens is 2. The molecule has 0 spiro atoms. The molecule has 0 bridgehead atoms. The molecular weight excluding hydrogens is 350 g/mol. The van der Waals surface area contributed by atoms with Gasteiger partial charge in [0.1, 0.15) is 11.9 Å². The Balaban J connectivity index is 1.49. The number of sulfonamides is 1. The van der Waals surface area contributed by atoms with Crippen LogP contribution in [0.15, 0.2) is 61.1 Å². The molecule has 1 atom stereocenters. The molecule has 1 aromatic carbocycles. The van der Waals surface area contributed by atoms with Crippen molar-refractivity contribution in [2.24, 2.45) is 0 Å². The van der Waals surface area contributed by atoms with Crippen LogP contribution in [0.25, 0.3) is 10.9 Å². The van der Waals surface area contributed by atoms with Gasteiger partial charge in [0, 0.05) is 24.3 Å². The van der Waals surface area contributed by atoms with Gasteiger partial charge in [0.25, 0.3) is 0 Å². The second-order valence-electron chi connectivity index (χ2n) is 6.32. The summed E-state index contributed by atoms with van der Waals surface area (Å²) < 4.78 is 33.1. The van der Waals surface area contributed by atoms with Gasteiger partial charge in [-0.25, -0.2) is 8.42 Å². The van der Waals surface area contributed by atoms with Crippen molar-refractivity contribution >= 4 is 20.9 Å². The van der Waals surface area contributed by atoms with Gasteiger partial charge in [-0.1, -0.05) is 24.3 Å². The van der Waals surface area contributed by atoms with E-state index in [9.17, 15) is 8.42 Å². The molecule has 2 aromatic heterocycles. The molecule has 1 aliphatic rings. The summed E-state index contributed by atoms with van der Waals surface area (Å²) in [6.45, 7) is 0.820. The van der Waals surface area contributed by atoms with E-state index in [0.717, 1.165) is 16.5 Å². The molecule has 0 N–H and O–H groups in total. The standard InChI is InChI=1S/C19H19N3O3S/c23-26(24,14-16-5-1-4-15-6-2-10-21-19(15)16)22-11-8-18(13-22)25-17-7-3-9-20-12-17/h1-7,9-10,12,18H,8,11,13-14H2/t18-/m0/s1. The first-order valence-corrected chi connectivity index (χ1v) is 10.1. The van der Waals surface area contributed by atoms with Crippen LogP contribution in [0.5, 0.6) is 5.75 Å². The van der Waals surface area contributed by atoms with Crippen LogP contribution < -0.4 is 4.74 Å². The lowest BCUT2D eigenvalue weighted by molar-refractivity contribution is 0.214. The van der Waals surface area contributed by atoms with Crippen molar-refractivity contribution in [2.75, 3.05) is 13.1 Å². The Labute approximate surface area is 152 Å². The summed E-state index contributed by atoms with van der Waals surface area (Å²) in [5, 5.41) is 0.944. The maximum Gasteiger partial charge on any atom is 0.218 e. The summed E-state index contributed by atoms with van der Waals surface area (Å²) in [6.07, 6.45) is 5.52. The minimum Gasteiger partial charge on any atom is -0.487 e. The van der Waals surface area contributed by atoms with Gasteiger partial charge in [-0.3, -0.25) is 9.97 Å². The zero-order valence-electron chi connectivity index (χ0n) is 14.2. The van der Waals surface area contributed by atoms with Gasteiger partial charge in [-0.2, -0.15) is 4.31 Å². The number of ether oxygens (including phenoxy) is 1. The van der Waals surface area contributed by atoms with Crippen molar-refractivity contribution in [1.29, 1.82) is 0 Å². The highest BCUT2D eigenvalue weighted by molar-refractivity contribution is 7.88. The monoisotopic (exact) mass is 369 g/mol.